The highest BCUT2D eigenvalue weighted by Gasteiger charge is 2.34. The molecule has 8 heteroatoms. The van der Waals surface area contributed by atoms with Gasteiger partial charge in [0.05, 0.1) is 5.56 Å². The molecule has 1 saturated heterocycles. The summed E-state index contributed by atoms with van der Waals surface area (Å²) in [5, 5.41) is 2.62. The van der Waals surface area contributed by atoms with Crippen molar-refractivity contribution in [3.8, 4) is 0 Å². The molecule has 1 aliphatic heterocycles. The van der Waals surface area contributed by atoms with Gasteiger partial charge >= 0.3 is 6.18 Å². The molecule has 1 aliphatic rings. The number of carbonyl (C=O) groups excluding carboxylic acids is 1. The fraction of sp³-hybridized carbons (Fsp3) is 0.318. The van der Waals surface area contributed by atoms with E-state index in [-0.39, 0.29) is 5.56 Å². The van der Waals surface area contributed by atoms with Crippen molar-refractivity contribution in [2.45, 2.75) is 18.6 Å². The maximum Gasteiger partial charge on any atom is 0.419 e. The molecule has 0 radical (unpaired) electrons. The molecular formula is C22H23F4N3O. The highest BCUT2D eigenvalue weighted by Crippen LogP contribution is 2.32. The SMILES string of the molecule is CN(C)C1CCN(c2ccc(NC(=O)/C=C/c3cccc(C(F)(F)F)c3F)cc2)C1. The van der Waals surface area contributed by atoms with E-state index in [2.05, 4.69) is 29.2 Å². The molecular weight excluding hydrogens is 398 g/mol. The van der Waals surface area contributed by atoms with Crippen LogP contribution in [-0.4, -0.2) is 44.0 Å². The predicted octanol–water partition coefficient (Wildman–Crippen LogP) is 4.64. The van der Waals surface area contributed by atoms with Gasteiger partial charge in [0.15, 0.2) is 0 Å². The first kappa shape index (κ1) is 21.8. The minimum Gasteiger partial charge on any atom is -0.370 e. The highest BCUT2D eigenvalue weighted by molar-refractivity contribution is 6.02. The van der Waals surface area contributed by atoms with Crippen molar-refractivity contribution in [1.29, 1.82) is 0 Å². The molecule has 1 N–H and O–H groups in total. The zero-order valence-corrected chi connectivity index (χ0v) is 16.7. The molecule has 1 amide bonds. The fourth-order valence-electron chi connectivity index (χ4n) is 3.40. The van der Waals surface area contributed by atoms with Gasteiger partial charge in [-0.05, 0) is 56.9 Å². The summed E-state index contributed by atoms with van der Waals surface area (Å²) in [7, 11) is 4.12. The Kier molecular flexibility index (Phi) is 6.45. The number of nitrogens with zero attached hydrogens (tertiary/aromatic N) is 2. The van der Waals surface area contributed by atoms with E-state index in [1.807, 2.05) is 12.1 Å². The number of halogens is 4. The van der Waals surface area contributed by atoms with E-state index in [9.17, 15) is 22.4 Å². The Hall–Kier alpha value is -2.87. The normalized spacial score (nSPS) is 17.2. The molecule has 2 aromatic rings. The molecule has 0 bridgehead atoms. The lowest BCUT2D eigenvalue weighted by atomic mass is 10.1. The Morgan fingerprint density at radius 2 is 1.87 bits per heavy atom. The summed E-state index contributed by atoms with van der Waals surface area (Å²) in [5.74, 6) is -1.96. The van der Waals surface area contributed by atoms with E-state index in [4.69, 9.17) is 0 Å². The lowest BCUT2D eigenvalue weighted by molar-refractivity contribution is -0.140. The van der Waals surface area contributed by atoms with Crippen LogP contribution in [0, 0.1) is 5.82 Å². The van der Waals surface area contributed by atoms with Gasteiger partial charge in [-0.25, -0.2) is 4.39 Å². The topological polar surface area (TPSA) is 35.6 Å². The third-order valence-corrected chi connectivity index (χ3v) is 5.14. The molecule has 3 rings (SSSR count). The zero-order valence-electron chi connectivity index (χ0n) is 16.7. The van der Waals surface area contributed by atoms with Crippen molar-refractivity contribution in [1.82, 2.24) is 4.90 Å². The van der Waals surface area contributed by atoms with Gasteiger partial charge in [-0.3, -0.25) is 4.79 Å². The molecule has 0 aliphatic carbocycles. The third kappa shape index (κ3) is 5.18. The average Bonchev–Trinajstić information content (AvgIpc) is 3.17. The number of alkyl halides is 3. The Balaban J connectivity index is 1.62. The fourth-order valence-corrected chi connectivity index (χ4v) is 3.40. The number of anilines is 2. The second-order valence-corrected chi connectivity index (χ2v) is 7.43. The van der Waals surface area contributed by atoms with Gasteiger partial charge in [0.25, 0.3) is 0 Å². The van der Waals surface area contributed by atoms with Gasteiger partial charge in [0, 0.05) is 42.1 Å². The quantitative estimate of drug-likeness (QED) is 0.565. The Labute approximate surface area is 172 Å². The van der Waals surface area contributed by atoms with Crippen LogP contribution < -0.4 is 10.2 Å². The van der Waals surface area contributed by atoms with Crippen LogP contribution in [0.2, 0.25) is 0 Å². The Morgan fingerprint density at radius 3 is 2.47 bits per heavy atom. The van der Waals surface area contributed by atoms with Crippen molar-refractivity contribution >= 4 is 23.4 Å². The first-order valence-electron chi connectivity index (χ1n) is 9.51. The minimum absolute atomic E-state index is 0.306. The monoisotopic (exact) mass is 421 g/mol. The lowest BCUT2D eigenvalue weighted by Crippen LogP contribution is -2.31. The van der Waals surface area contributed by atoms with E-state index >= 15 is 0 Å². The standard InChI is InChI=1S/C22H23F4N3O/c1-28(2)18-12-13-29(14-18)17-9-7-16(8-10-17)27-20(30)11-6-15-4-3-5-19(21(15)23)22(24,25)26/h3-11,18H,12-14H2,1-2H3,(H,27,30)/b11-6+. The lowest BCUT2D eigenvalue weighted by Gasteiger charge is -2.22. The molecule has 160 valence electrons. The molecule has 2 aromatic carbocycles. The van der Waals surface area contributed by atoms with Crippen molar-refractivity contribution in [3.05, 3.63) is 65.5 Å². The molecule has 1 unspecified atom stereocenters. The van der Waals surface area contributed by atoms with Gasteiger partial charge in [-0.1, -0.05) is 12.1 Å². The molecule has 0 spiro atoms. The van der Waals surface area contributed by atoms with Crippen LogP contribution in [-0.2, 0) is 11.0 Å². The molecule has 0 aromatic heterocycles. The number of amides is 1. The Bertz CT molecular complexity index is 923. The van der Waals surface area contributed by atoms with Gasteiger partial charge in [0.1, 0.15) is 5.82 Å². The number of carbonyl (C=O) groups is 1. The highest BCUT2D eigenvalue weighted by atomic mass is 19.4. The van der Waals surface area contributed by atoms with E-state index in [1.54, 1.807) is 12.1 Å². The summed E-state index contributed by atoms with van der Waals surface area (Å²) in [4.78, 5) is 16.6. The van der Waals surface area contributed by atoms with E-state index in [0.717, 1.165) is 43.4 Å². The summed E-state index contributed by atoms with van der Waals surface area (Å²) in [6, 6.07) is 10.8. The van der Waals surface area contributed by atoms with E-state index < -0.39 is 23.5 Å². The first-order chi connectivity index (χ1) is 14.1. The van der Waals surface area contributed by atoms with Crippen LogP contribution in [0.15, 0.2) is 48.5 Å². The zero-order chi connectivity index (χ0) is 21.9. The summed E-state index contributed by atoms with van der Waals surface area (Å²) >= 11 is 0. The predicted molar refractivity (Wildman–Crippen MR) is 110 cm³/mol. The first-order valence-corrected chi connectivity index (χ1v) is 9.51. The smallest absolute Gasteiger partial charge is 0.370 e. The van der Waals surface area contributed by atoms with Gasteiger partial charge < -0.3 is 15.1 Å². The molecule has 1 heterocycles. The number of hydrogen-bond donors (Lipinski definition) is 1. The largest absolute Gasteiger partial charge is 0.419 e. The van der Waals surface area contributed by atoms with Crippen molar-refractivity contribution < 1.29 is 22.4 Å². The number of hydrogen-bond acceptors (Lipinski definition) is 3. The summed E-state index contributed by atoms with van der Waals surface area (Å²) < 4.78 is 52.3. The van der Waals surface area contributed by atoms with Gasteiger partial charge in [0.2, 0.25) is 5.91 Å². The summed E-state index contributed by atoms with van der Waals surface area (Å²) in [5.41, 5.74) is -0.0703. The van der Waals surface area contributed by atoms with Crippen LogP contribution in [0.4, 0.5) is 28.9 Å². The number of rotatable bonds is 5. The maximum atomic E-state index is 14.0. The molecule has 4 nitrogen and oxygen atoms in total. The summed E-state index contributed by atoms with van der Waals surface area (Å²) in [6.45, 7) is 1.89. The average molecular weight is 421 g/mol. The van der Waals surface area contributed by atoms with Crippen LogP contribution >= 0.6 is 0 Å². The van der Waals surface area contributed by atoms with Crippen LogP contribution in [0.25, 0.3) is 6.08 Å². The number of nitrogens with one attached hydrogen (secondary N) is 1. The van der Waals surface area contributed by atoms with E-state index in [1.165, 1.54) is 6.07 Å². The molecule has 30 heavy (non-hydrogen) atoms. The van der Waals surface area contributed by atoms with Crippen molar-refractivity contribution in [3.63, 3.8) is 0 Å². The Morgan fingerprint density at radius 1 is 1.17 bits per heavy atom. The van der Waals surface area contributed by atoms with Gasteiger partial charge in [-0.15, -0.1) is 0 Å². The van der Waals surface area contributed by atoms with Crippen molar-refractivity contribution in [2.24, 2.45) is 0 Å². The number of likely N-dealkylation sites (N-methyl/N-ethyl adjacent to an activating group) is 1. The van der Waals surface area contributed by atoms with E-state index in [0.29, 0.717) is 17.8 Å². The summed E-state index contributed by atoms with van der Waals surface area (Å²) in [6.07, 6.45) is -1.67. The minimum atomic E-state index is -4.79. The molecule has 1 atom stereocenters. The van der Waals surface area contributed by atoms with Crippen LogP contribution in [0.1, 0.15) is 17.5 Å². The molecule has 1 fully saturated rings. The second-order valence-electron chi connectivity index (χ2n) is 7.43. The van der Waals surface area contributed by atoms with Crippen LogP contribution in [0.5, 0.6) is 0 Å². The van der Waals surface area contributed by atoms with Crippen molar-refractivity contribution in [2.75, 3.05) is 37.4 Å². The van der Waals surface area contributed by atoms with Gasteiger partial charge in [-0.2, -0.15) is 13.2 Å². The number of benzene rings is 2. The molecule has 0 saturated carbocycles. The third-order valence-electron chi connectivity index (χ3n) is 5.14. The van der Waals surface area contributed by atoms with Crippen LogP contribution in [0.3, 0.4) is 0 Å². The second kappa shape index (κ2) is 8.87. The maximum absolute atomic E-state index is 14.0.